The zero-order valence-electron chi connectivity index (χ0n) is 14.4. The molecule has 0 aromatic carbocycles. The smallest absolute Gasteiger partial charge is 0.0589 e. The van der Waals surface area contributed by atoms with Crippen LogP contribution in [0.1, 0.15) is 58.8 Å². The van der Waals surface area contributed by atoms with Gasteiger partial charge < -0.3 is 10.1 Å². The van der Waals surface area contributed by atoms with E-state index in [0.29, 0.717) is 6.04 Å². The molecule has 0 aliphatic heterocycles. The molecule has 2 aliphatic rings. The van der Waals surface area contributed by atoms with Crippen LogP contribution in [-0.2, 0) is 4.74 Å². The first-order chi connectivity index (χ1) is 10.3. The lowest BCUT2D eigenvalue weighted by molar-refractivity contribution is 0.0998. The van der Waals surface area contributed by atoms with Gasteiger partial charge in [-0.2, -0.15) is 0 Å². The minimum absolute atomic E-state index is 0.686. The van der Waals surface area contributed by atoms with Crippen LogP contribution in [0.25, 0.3) is 0 Å². The number of nitrogens with one attached hydrogen (secondary N) is 1. The summed E-state index contributed by atoms with van der Waals surface area (Å²) in [6, 6.07) is 1.41. The van der Waals surface area contributed by atoms with Gasteiger partial charge in [0.25, 0.3) is 0 Å². The highest BCUT2D eigenvalue weighted by Crippen LogP contribution is 2.36. The van der Waals surface area contributed by atoms with Gasteiger partial charge >= 0.3 is 0 Å². The zero-order chi connectivity index (χ0) is 15.1. The van der Waals surface area contributed by atoms with Crippen LogP contribution in [0, 0.1) is 11.8 Å². The van der Waals surface area contributed by atoms with E-state index in [0.717, 1.165) is 37.6 Å². The molecule has 2 fully saturated rings. The van der Waals surface area contributed by atoms with Crippen molar-refractivity contribution in [2.45, 2.75) is 70.9 Å². The number of hydrogen-bond donors (Lipinski definition) is 1. The lowest BCUT2D eigenvalue weighted by Crippen LogP contribution is -2.49. The summed E-state index contributed by atoms with van der Waals surface area (Å²) < 4.78 is 5.35. The second-order valence-corrected chi connectivity index (χ2v) is 7.17. The van der Waals surface area contributed by atoms with Gasteiger partial charge in [-0.1, -0.05) is 19.8 Å². The summed E-state index contributed by atoms with van der Waals surface area (Å²) in [6.07, 6.45) is 9.83. The molecule has 0 heterocycles. The Morgan fingerprint density at radius 1 is 1.14 bits per heavy atom. The van der Waals surface area contributed by atoms with Crippen molar-refractivity contribution in [2.75, 3.05) is 33.4 Å². The molecule has 3 heteroatoms. The summed E-state index contributed by atoms with van der Waals surface area (Å²) in [5.74, 6) is 1.84. The molecule has 2 saturated carbocycles. The number of hydrogen-bond acceptors (Lipinski definition) is 3. The van der Waals surface area contributed by atoms with Gasteiger partial charge in [0, 0.05) is 32.3 Å². The van der Waals surface area contributed by atoms with Gasteiger partial charge in [-0.25, -0.2) is 0 Å². The highest BCUT2D eigenvalue weighted by molar-refractivity contribution is 4.89. The van der Waals surface area contributed by atoms with E-state index >= 15 is 0 Å². The third-order valence-corrected chi connectivity index (χ3v) is 5.52. The summed E-state index contributed by atoms with van der Waals surface area (Å²) in [4.78, 5) is 2.70. The van der Waals surface area contributed by atoms with Crippen LogP contribution in [0.3, 0.4) is 0 Å². The fourth-order valence-corrected chi connectivity index (χ4v) is 3.87. The van der Waals surface area contributed by atoms with Crippen LogP contribution in [0.5, 0.6) is 0 Å². The van der Waals surface area contributed by atoms with Crippen molar-refractivity contribution in [3.63, 3.8) is 0 Å². The number of ether oxygens (including phenoxy) is 1. The molecule has 1 N–H and O–H groups in total. The molecule has 0 bridgehead atoms. The Bertz CT molecular complexity index is 262. The molecular weight excluding hydrogens is 260 g/mol. The summed E-state index contributed by atoms with van der Waals surface area (Å²) in [6.45, 7) is 9.03. The van der Waals surface area contributed by atoms with Crippen molar-refractivity contribution < 1.29 is 4.74 Å². The SMILES string of the molecule is CCCNC(CN(CCOC)C(C)C1CC1)C1CCCC1. The lowest BCUT2D eigenvalue weighted by atomic mass is 9.96. The van der Waals surface area contributed by atoms with Gasteiger partial charge in [0.1, 0.15) is 0 Å². The average Bonchev–Trinajstić information content (AvgIpc) is 3.21. The normalized spacial score (nSPS) is 22.9. The Morgan fingerprint density at radius 3 is 2.43 bits per heavy atom. The highest BCUT2D eigenvalue weighted by Gasteiger charge is 2.34. The fraction of sp³-hybridized carbons (Fsp3) is 1.00. The maximum atomic E-state index is 5.35. The Kier molecular flexibility index (Phi) is 7.48. The molecule has 0 aromatic heterocycles. The Hall–Kier alpha value is -0.120. The molecule has 0 saturated heterocycles. The van der Waals surface area contributed by atoms with Crippen molar-refractivity contribution in [3.05, 3.63) is 0 Å². The van der Waals surface area contributed by atoms with Gasteiger partial charge in [-0.15, -0.1) is 0 Å². The van der Waals surface area contributed by atoms with E-state index in [1.54, 1.807) is 0 Å². The summed E-state index contributed by atoms with van der Waals surface area (Å²) >= 11 is 0. The largest absolute Gasteiger partial charge is 0.383 e. The standard InChI is InChI=1S/C18H36N2O/c1-4-11-19-18(17-7-5-6-8-17)14-20(12-13-21-3)15(2)16-9-10-16/h15-19H,4-14H2,1-3H3. The number of rotatable bonds is 11. The molecule has 2 rings (SSSR count). The van der Waals surface area contributed by atoms with Gasteiger partial charge in [-0.05, 0) is 57.4 Å². The van der Waals surface area contributed by atoms with E-state index in [-0.39, 0.29) is 0 Å². The van der Waals surface area contributed by atoms with Gasteiger partial charge in [0.05, 0.1) is 6.61 Å². The average molecular weight is 296 g/mol. The first kappa shape index (κ1) is 17.2. The number of nitrogens with zero attached hydrogens (tertiary/aromatic N) is 1. The van der Waals surface area contributed by atoms with Crippen molar-refractivity contribution in [1.82, 2.24) is 10.2 Å². The molecule has 2 unspecified atom stereocenters. The van der Waals surface area contributed by atoms with E-state index in [1.807, 2.05) is 7.11 Å². The van der Waals surface area contributed by atoms with Crippen LogP contribution in [-0.4, -0.2) is 50.3 Å². The number of methoxy groups -OCH3 is 1. The van der Waals surface area contributed by atoms with Crippen LogP contribution in [0.15, 0.2) is 0 Å². The zero-order valence-corrected chi connectivity index (χ0v) is 14.4. The summed E-state index contributed by atoms with van der Waals surface area (Å²) in [7, 11) is 1.82. The molecule has 3 nitrogen and oxygen atoms in total. The lowest BCUT2D eigenvalue weighted by Gasteiger charge is -2.35. The van der Waals surface area contributed by atoms with Crippen LogP contribution >= 0.6 is 0 Å². The highest BCUT2D eigenvalue weighted by atomic mass is 16.5. The minimum Gasteiger partial charge on any atom is -0.383 e. The summed E-state index contributed by atoms with van der Waals surface area (Å²) in [5.41, 5.74) is 0. The van der Waals surface area contributed by atoms with E-state index in [4.69, 9.17) is 4.74 Å². The van der Waals surface area contributed by atoms with Crippen LogP contribution in [0.2, 0.25) is 0 Å². The Balaban J connectivity index is 1.91. The molecular formula is C18H36N2O. The topological polar surface area (TPSA) is 24.5 Å². The van der Waals surface area contributed by atoms with Crippen LogP contribution < -0.4 is 5.32 Å². The molecule has 0 aromatic rings. The second kappa shape index (κ2) is 9.12. The molecule has 2 aliphatic carbocycles. The van der Waals surface area contributed by atoms with Gasteiger partial charge in [-0.3, -0.25) is 4.90 Å². The molecule has 0 amide bonds. The fourth-order valence-electron chi connectivity index (χ4n) is 3.87. The molecule has 2 atom stereocenters. The van der Waals surface area contributed by atoms with Gasteiger partial charge in [0.2, 0.25) is 0 Å². The van der Waals surface area contributed by atoms with Crippen molar-refractivity contribution in [1.29, 1.82) is 0 Å². The quantitative estimate of drug-likeness (QED) is 0.633. The maximum absolute atomic E-state index is 5.35. The van der Waals surface area contributed by atoms with Crippen LogP contribution in [0.4, 0.5) is 0 Å². The predicted molar refractivity (Wildman–Crippen MR) is 89.7 cm³/mol. The first-order valence-corrected chi connectivity index (χ1v) is 9.22. The molecule has 124 valence electrons. The van der Waals surface area contributed by atoms with Crippen molar-refractivity contribution >= 4 is 0 Å². The molecule has 0 spiro atoms. The monoisotopic (exact) mass is 296 g/mol. The maximum Gasteiger partial charge on any atom is 0.0589 e. The van der Waals surface area contributed by atoms with E-state index in [2.05, 4.69) is 24.1 Å². The van der Waals surface area contributed by atoms with Crippen molar-refractivity contribution in [2.24, 2.45) is 11.8 Å². The van der Waals surface area contributed by atoms with E-state index in [9.17, 15) is 0 Å². The van der Waals surface area contributed by atoms with E-state index in [1.165, 1.54) is 51.5 Å². The Morgan fingerprint density at radius 2 is 1.86 bits per heavy atom. The van der Waals surface area contributed by atoms with Crippen molar-refractivity contribution in [3.8, 4) is 0 Å². The predicted octanol–water partition coefficient (Wildman–Crippen LogP) is 3.29. The first-order valence-electron chi connectivity index (χ1n) is 9.22. The van der Waals surface area contributed by atoms with Gasteiger partial charge in [0.15, 0.2) is 0 Å². The molecule has 0 radical (unpaired) electrons. The second-order valence-electron chi connectivity index (χ2n) is 7.17. The molecule has 21 heavy (non-hydrogen) atoms. The third-order valence-electron chi connectivity index (χ3n) is 5.52. The Labute approximate surface area is 131 Å². The third kappa shape index (κ3) is 5.54. The van der Waals surface area contributed by atoms with E-state index < -0.39 is 0 Å². The summed E-state index contributed by atoms with van der Waals surface area (Å²) in [5, 5.41) is 3.85. The minimum atomic E-state index is 0.686.